The molecule has 0 saturated carbocycles. The quantitative estimate of drug-likeness (QED) is 0.316. The van der Waals surface area contributed by atoms with Crippen LogP contribution in [0, 0.1) is 17.7 Å². The lowest BCUT2D eigenvalue weighted by molar-refractivity contribution is -0.147. The minimum atomic E-state index is -0.720. The van der Waals surface area contributed by atoms with Crippen LogP contribution in [0.5, 0.6) is 11.5 Å². The number of rotatable bonds is 12. The monoisotopic (exact) mass is 537 g/mol. The number of carbonyl (C=O) groups is 2. The molecule has 0 radical (unpaired) electrons. The Labute approximate surface area is 228 Å². The molecular formula is C30H36FN3O5. The summed E-state index contributed by atoms with van der Waals surface area (Å²) in [6.45, 7) is 8.27. The van der Waals surface area contributed by atoms with Crippen molar-refractivity contribution < 1.29 is 28.2 Å². The minimum absolute atomic E-state index is 0.00721. The summed E-state index contributed by atoms with van der Waals surface area (Å²) in [4.78, 5) is 29.8. The van der Waals surface area contributed by atoms with Gasteiger partial charge in [0.25, 0.3) is 5.91 Å². The third-order valence-corrected chi connectivity index (χ3v) is 6.05. The molecule has 2 aromatic carbocycles. The molecule has 0 bridgehead atoms. The summed E-state index contributed by atoms with van der Waals surface area (Å²) in [7, 11) is 1.39. The van der Waals surface area contributed by atoms with E-state index in [2.05, 4.69) is 10.3 Å². The highest BCUT2D eigenvalue weighted by molar-refractivity contribution is 5.98. The molecule has 1 heterocycles. The number of hydrogen-bond acceptors (Lipinski definition) is 7. The maximum absolute atomic E-state index is 14.1. The van der Waals surface area contributed by atoms with Crippen LogP contribution >= 0.6 is 0 Å². The first-order valence-electron chi connectivity index (χ1n) is 12.8. The zero-order valence-corrected chi connectivity index (χ0v) is 23.0. The van der Waals surface area contributed by atoms with Crippen molar-refractivity contribution in [3.8, 4) is 22.6 Å². The van der Waals surface area contributed by atoms with Crippen molar-refractivity contribution in [2.75, 3.05) is 13.7 Å². The number of esters is 1. The van der Waals surface area contributed by atoms with E-state index in [1.54, 1.807) is 36.7 Å². The van der Waals surface area contributed by atoms with Gasteiger partial charge < -0.3 is 25.3 Å². The van der Waals surface area contributed by atoms with Gasteiger partial charge in [0.1, 0.15) is 18.4 Å². The molecule has 8 nitrogen and oxygen atoms in total. The van der Waals surface area contributed by atoms with Crippen molar-refractivity contribution in [2.24, 2.45) is 17.6 Å². The van der Waals surface area contributed by atoms with Crippen LogP contribution in [0.3, 0.4) is 0 Å². The number of nitrogens with two attached hydrogens (primary N) is 1. The summed E-state index contributed by atoms with van der Waals surface area (Å²) in [5.41, 5.74) is 8.92. The van der Waals surface area contributed by atoms with Crippen LogP contribution in [-0.2, 0) is 22.7 Å². The van der Waals surface area contributed by atoms with E-state index in [0.29, 0.717) is 40.2 Å². The van der Waals surface area contributed by atoms with Crippen LogP contribution in [-0.4, -0.2) is 36.6 Å². The minimum Gasteiger partial charge on any atom is -0.494 e. The number of ether oxygens (including phenoxy) is 3. The molecule has 0 spiro atoms. The van der Waals surface area contributed by atoms with Crippen LogP contribution in [0.2, 0.25) is 0 Å². The largest absolute Gasteiger partial charge is 0.494 e. The van der Waals surface area contributed by atoms with E-state index in [4.69, 9.17) is 19.9 Å². The lowest BCUT2D eigenvalue weighted by Gasteiger charge is -2.17. The maximum atomic E-state index is 14.1. The van der Waals surface area contributed by atoms with Gasteiger partial charge in [-0.25, -0.2) is 4.39 Å². The second-order valence-electron chi connectivity index (χ2n) is 9.98. The van der Waals surface area contributed by atoms with Gasteiger partial charge >= 0.3 is 5.97 Å². The first-order chi connectivity index (χ1) is 18.6. The molecule has 1 atom stereocenters. The molecule has 0 saturated heterocycles. The number of nitrogens with zero attached hydrogens (tertiary/aromatic N) is 1. The molecule has 0 aliphatic carbocycles. The van der Waals surface area contributed by atoms with Crippen LogP contribution in [0.4, 0.5) is 4.39 Å². The van der Waals surface area contributed by atoms with Crippen molar-refractivity contribution in [3.63, 3.8) is 0 Å². The molecule has 3 N–H and O–H groups in total. The average molecular weight is 538 g/mol. The van der Waals surface area contributed by atoms with Crippen LogP contribution < -0.4 is 20.5 Å². The number of halogens is 1. The van der Waals surface area contributed by atoms with Crippen LogP contribution in [0.15, 0.2) is 54.9 Å². The lowest BCUT2D eigenvalue weighted by atomic mass is 9.99. The standard InChI is InChI=1S/C30H36FN3O5/c1-18(2)16-38-26-9-7-21(24-15-33-11-10-22(24)17-39-30(36)28(32)19(3)4)13-23(26)29(35)34-14-20-6-8-27(37-5)25(31)12-20/h6-13,15,18-19,28H,14,16-17,32H2,1-5H3,(H,34,35). The number of aromatic nitrogens is 1. The fourth-order valence-electron chi connectivity index (χ4n) is 3.68. The van der Waals surface area contributed by atoms with Gasteiger partial charge in [-0.15, -0.1) is 0 Å². The van der Waals surface area contributed by atoms with E-state index in [-0.39, 0.29) is 36.6 Å². The van der Waals surface area contributed by atoms with E-state index in [9.17, 15) is 14.0 Å². The van der Waals surface area contributed by atoms with E-state index in [1.165, 1.54) is 19.2 Å². The Morgan fingerprint density at radius 2 is 1.79 bits per heavy atom. The normalized spacial score (nSPS) is 11.8. The van der Waals surface area contributed by atoms with Gasteiger partial charge in [-0.2, -0.15) is 0 Å². The molecule has 3 rings (SSSR count). The summed E-state index contributed by atoms with van der Waals surface area (Å²) < 4.78 is 30.5. The van der Waals surface area contributed by atoms with Gasteiger partial charge in [0, 0.05) is 30.1 Å². The predicted molar refractivity (Wildman–Crippen MR) is 147 cm³/mol. The summed E-state index contributed by atoms with van der Waals surface area (Å²) in [5, 5.41) is 2.84. The second-order valence-corrected chi connectivity index (χ2v) is 9.98. The van der Waals surface area contributed by atoms with E-state index in [0.717, 1.165) is 0 Å². The Kier molecular flexibility index (Phi) is 10.4. The summed E-state index contributed by atoms with van der Waals surface area (Å²) >= 11 is 0. The molecule has 0 fully saturated rings. The van der Waals surface area contributed by atoms with Gasteiger partial charge in [0.2, 0.25) is 0 Å². The van der Waals surface area contributed by atoms with Gasteiger partial charge in [-0.05, 0) is 53.3 Å². The number of carbonyl (C=O) groups excluding carboxylic acids is 2. The number of hydrogen-bond donors (Lipinski definition) is 2. The Morgan fingerprint density at radius 3 is 2.46 bits per heavy atom. The van der Waals surface area contributed by atoms with Crippen molar-refractivity contribution in [1.29, 1.82) is 0 Å². The molecule has 3 aromatic rings. The topological polar surface area (TPSA) is 113 Å². The smallest absolute Gasteiger partial charge is 0.323 e. The van der Waals surface area contributed by atoms with Crippen molar-refractivity contribution in [3.05, 3.63) is 77.4 Å². The molecule has 1 unspecified atom stereocenters. The third-order valence-electron chi connectivity index (χ3n) is 6.05. The molecular weight excluding hydrogens is 501 g/mol. The highest BCUT2D eigenvalue weighted by Crippen LogP contribution is 2.30. The van der Waals surface area contributed by atoms with Gasteiger partial charge in [-0.3, -0.25) is 14.6 Å². The first-order valence-corrected chi connectivity index (χ1v) is 12.8. The van der Waals surface area contributed by atoms with Crippen LogP contribution in [0.25, 0.3) is 11.1 Å². The fourth-order valence-corrected chi connectivity index (χ4v) is 3.68. The van der Waals surface area contributed by atoms with Crippen molar-refractivity contribution in [1.82, 2.24) is 10.3 Å². The summed E-state index contributed by atoms with van der Waals surface area (Å²) in [6.07, 6.45) is 3.26. The number of methoxy groups -OCH3 is 1. The zero-order valence-electron chi connectivity index (χ0n) is 23.0. The van der Waals surface area contributed by atoms with Gasteiger partial charge in [0.05, 0.1) is 19.3 Å². The second kappa shape index (κ2) is 13.7. The first kappa shape index (κ1) is 29.6. The molecule has 39 heavy (non-hydrogen) atoms. The van der Waals surface area contributed by atoms with E-state index >= 15 is 0 Å². The average Bonchev–Trinajstić information content (AvgIpc) is 2.93. The molecule has 1 aromatic heterocycles. The van der Waals surface area contributed by atoms with Crippen molar-refractivity contribution >= 4 is 11.9 Å². The fraction of sp³-hybridized carbons (Fsp3) is 0.367. The number of pyridine rings is 1. The van der Waals surface area contributed by atoms with Gasteiger partial charge in [-0.1, -0.05) is 39.8 Å². The number of amides is 1. The SMILES string of the molecule is COc1ccc(CNC(=O)c2cc(-c3cnccc3COC(=O)C(N)C(C)C)ccc2OCC(C)C)cc1F. The number of benzene rings is 2. The predicted octanol–water partition coefficient (Wildman–Crippen LogP) is 4.89. The summed E-state index contributed by atoms with van der Waals surface area (Å²) in [5.74, 6) is -0.627. The molecule has 1 amide bonds. The zero-order chi connectivity index (χ0) is 28.5. The molecule has 208 valence electrons. The highest BCUT2D eigenvalue weighted by atomic mass is 19.1. The lowest BCUT2D eigenvalue weighted by Crippen LogP contribution is -2.36. The summed E-state index contributed by atoms with van der Waals surface area (Å²) in [6, 6.07) is 10.8. The van der Waals surface area contributed by atoms with E-state index in [1.807, 2.05) is 33.8 Å². The third kappa shape index (κ3) is 8.00. The Bertz CT molecular complexity index is 1300. The maximum Gasteiger partial charge on any atom is 0.323 e. The molecule has 9 heteroatoms. The van der Waals surface area contributed by atoms with E-state index < -0.39 is 17.8 Å². The number of nitrogens with one attached hydrogen (secondary N) is 1. The Morgan fingerprint density at radius 1 is 1.05 bits per heavy atom. The van der Waals surface area contributed by atoms with Crippen LogP contribution in [0.1, 0.15) is 49.2 Å². The Balaban J connectivity index is 1.87. The highest BCUT2D eigenvalue weighted by Gasteiger charge is 2.20. The Hall–Kier alpha value is -3.98. The molecule has 0 aliphatic rings. The molecule has 0 aliphatic heterocycles. The van der Waals surface area contributed by atoms with Gasteiger partial charge in [0.15, 0.2) is 11.6 Å². The van der Waals surface area contributed by atoms with Crippen molar-refractivity contribution in [2.45, 2.75) is 46.9 Å².